The van der Waals surface area contributed by atoms with Gasteiger partial charge >= 0.3 is 0 Å². The Balaban J connectivity index is 2.94. The van der Waals surface area contributed by atoms with Crippen LogP contribution in [0.25, 0.3) is 0 Å². The summed E-state index contributed by atoms with van der Waals surface area (Å²) >= 11 is 0. The molecule has 0 aliphatic heterocycles. The molecule has 0 heterocycles. The molecule has 0 saturated heterocycles. The van der Waals surface area contributed by atoms with E-state index in [1.165, 1.54) is 4.90 Å². The van der Waals surface area contributed by atoms with Crippen LogP contribution in [-0.4, -0.2) is 18.5 Å². The van der Waals surface area contributed by atoms with Crippen LogP contribution in [0.4, 0.5) is 5.69 Å². The van der Waals surface area contributed by atoms with Crippen molar-refractivity contribution < 1.29 is 4.79 Å². The van der Waals surface area contributed by atoms with E-state index >= 15 is 0 Å². The zero-order valence-corrected chi connectivity index (χ0v) is 10.4. The van der Waals surface area contributed by atoms with E-state index in [4.69, 9.17) is 11.0 Å². The van der Waals surface area contributed by atoms with Gasteiger partial charge in [0.15, 0.2) is 0 Å². The quantitative estimate of drug-likeness (QED) is 0.859. The lowest BCUT2D eigenvalue weighted by atomic mass is 10.0. The molecule has 0 bridgehead atoms. The van der Waals surface area contributed by atoms with Crippen LogP contribution in [0.1, 0.15) is 25.8 Å². The van der Waals surface area contributed by atoms with Crippen LogP contribution >= 0.6 is 0 Å². The van der Waals surface area contributed by atoms with Crippen molar-refractivity contribution in [3.8, 4) is 6.07 Å². The Bertz CT molecular complexity index is 454. The first-order valence-corrected chi connectivity index (χ1v) is 5.40. The molecule has 1 aromatic rings. The Morgan fingerprint density at radius 3 is 2.59 bits per heavy atom. The summed E-state index contributed by atoms with van der Waals surface area (Å²) in [6.07, 6.45) is 0.239. The molecule has 0 spiro atoms. The van der Waals surface area contributed by atoms with Gasteiger partial charge in [-0.05, 0) is 26.0 Å². The average Bonchev–Trinajstić information content (AvgIpc) is 2.25. The Labute approximate surface area is 102 Å². The zero-order chi connectivity index (χ0) is 13.1. The predicted molar refractivity (Wildman–Crippen MR) is 67.5 cm³/mol. The number of hydrogen-bond donors (Lipinski definition) is 1. The first-order chi connectivity index (χ1) is 7.85. The third-order valence-corrected chi connectivity index (χ3v) is 2.37. The van der Waals surface area contributed by atoms with Crippen molar-refractivity contribution >= 4 is 11.6 Å². The molecule has 1 amide bonds. The minimum atomic E-state index is -0.549. The van der Waals surface area contributed by atoms with Crippen molar-refractivity contribution in [1.29, 1.82) is 5.26 Å². The number of benzene rings is 1. The van der Waals surface area contributed by atoms with Crippen LogP contribution in [0.2, 0.25) is 0 Å². The number of anilines is 1. The van der Waals surface area contributed by atoms with Gasteiger partial charge in [-0.2, -0.15) is 5.26 Å². The maximum absolute atomic E-state index is 12.0. The van der Waals surface area contributed by atoms with E-state index in [0.29, 0.717) is 11.3 Å². The Morgan fingerprint density at radius 1 is 1.47 bits per heavy atom. The summed E-state index contributed by atoms with van der Waals surface area (Å²) in [6, 6.07) is 9.08. The van der Waals surface area contributed by atoms with Crippen molar-refractivity contribution in [2.75, 3.05) is 11.9 Å². The predicted octanol–water partition coefficient (Wildman–Crippen LogP) is 1.65. The molecular weight excluding hydrogens is 214 g/mol. The van der Waals surface area contributed by atoms with Gasteiger partial charge in [-0.25, -0.2) is 0 Å². The third kappa shape index (κ3) is 3.58. The minimum absolute atomic E-state index is 0.0970. The maximum atomic E-state index is 12.0. The van der Waals surface area contributed by atoms with E-state index in [-0.39, 0.29) is 12.3 Å². The summed E-state index contributed by atoms with van der Waals surface area (Å²) in [4.78, 5) is 13.4. The van der Waals surface area contributed by atoms with Crippen LogP contribution in [0.3, 0.4) is 0 Å². The van der Waals surface area contributed by atoms with Crippen LogP contribution in [0, 0.1) is 11.3 Å². The number of carbonyl (C=O) groups excluding carboxylic acids is 1. The number of nitrogens with two attached hydrogens (primary N) is 1. The highest BCUT2D eigenvalue weighted by atomic mass is 16.2. The molecule has 1 rings (SSSR count). The number of para-hydroxylation sites is 1. The summed E-state index contributed by atoms with van der Waals surface area (Å²) in [5.74, 6) is -0.0970. The molecule has 0 aliphatic carbocycles. The SMILES string of the molecule is CN(C(=O)CC(C)(C)N)c1ccccc1C#N. The summed E-state index contributed by atoms with van der Waals surface area (Å²) in [7, 11) is 1.66. The van der Waals surface area contributed by atoms with Gasteiger partial charge in [0.1, 0.15) is 6.07 Å². The van der Waals surface area contributed by atoms with Crippen LogP contribution in [0.5, 0.6) is 0 Å². The lowest BCUT2D eigenvalue weighted by molar-refractivity contribution is -0.119. The van der Waals surface area contributed by atoms with Gasteiger partial charge < -0.3 is 10.6 Å². The molecule has 4 nitrogen and oxygen atoms in total. The fraction of sp³-hybridized carbons (Fsp3) is 0.385. The van der Waals surface area contributed by atoms with E-state index in [2.05, 4.69) is 6.07 Å². The molecule has 0 unspecified atom stereocenters. The normalized spacial score (nSPS) is 10.8. The molecule has 17 heavy (non-hydrogen) atoms. The molecule has 0 radical (unpaired) electrons. The lowest BCUT2D eigenvalue weighted by Gasteiger charge is -2.23. The Hall–Kier alpha value is -1.86. The number of amides is 1. The summed E-state index contributed by atoms with van der Waals surface area (Å²) in [5, 5.41) is 8.97. The second-order valence-electron chi connectivity index (χ2n) is 4.75. The van der Waals surface area contributed by atoms with E-state index in [0.717, 1.165) is 0 Å². The molecule has 0 aromatic heterocycles. The van der Waals surface area contributed by atoms with Crippen molar-refractivity contribution in [2.45, 2.75) is 25.8 Å². The van der Waals surface area contributed by atoms with E-state index in [1.54, 1.807) is 45.2 Å². The second kappa shape index (κ2) is 4.98. The van der Waals surface area contributed by atoms with Gasteiger partial charge in [0, 0.05) is 19.0 Å². The largest absolute Gasteiger partial charge is 0.325 e. The zero-order valence-electron chi connectivity index (χ0n) is 10.4. The summed E-state index contributed by atoms with van der Waals surface area (Å²) < 4.78 is 0. The van der Waals surface area contributed by atoms with E-state index < -0.39 is 5.54 Å². The topological polar surface area (TPSA) is 70.1 Å². The Morgan fingerprint density at radius 2 is 2.06 bits per heavy atom. The van der Waals surface area contributed by atoms with Crippen LogP contribution in [-0.2, 0) is 4.79 Å². The molecule has 0 aliphatic rings. The summed E-state index contributed by atoms with van der Waals surface area (Å²) in [5.41, 5.74) is 6.36. The molecule has 90 valence electrons. The fourth-order valence-electron chi connectivity index (χ4n) is 1.50. The van der Waals surface area contributed by atoms with Crippen molar-refractivity contribution in [3.63, 3.8) is 0 Å². The minimum Gasteiger partial charge on any atom is -0.325 e. The van der Waals surface area contributed by atoms with Crippen molar-refractivity contribution in [3.05, 3.63) is 29.8 Å². The first kappa shape index (κ1) is 13.2. The smallest absolute Gasteiger partial charge is 0.228 e. The highest BCUT2D eigenvalue weighted by Gasteiger charge is 2.21. The average molecular weight is 231 g/mol. The van der Waals surface area contributed by atoms with Crippen LogP contribution in [0.15, 0.2) is 24.3 Å². The van der Waals surface area contributed by atoms with Gasteiger partial charge in [-0.3, -0.25) is 4.79 Å². The second-order valence-corrected chi connectivity index (χ2v) is 4.75. The van der Waals surface area contributed by atoms with Gasteiger partial charge in [0.25, 0.3) is 0 Å². The van der Waals surface area contributed by atoms with Crippen molar-refractivity contribution in [1.82, 2.24) is 0 Å². The summed E-state index contributed by atoms with van der Waals surface area (Å²) in [6.45, 7) is 3.60. The number of rotatable bonds is 3. The molecule has 1 aromatic carbocycles. The number of carbonyl (C=O) groups is 1. The Kier molecular flexibility index (Phi) is 3.87. The molecule has 0 saturated carbocycles. The standard InChI is InChI=1S/C13H17N3O/c1-13(2,15)8-12(17)16(3)11-7-5-4-6-10(11)9-14/h4-7H,8,15H2,1-3H3. The number of nitriles is 1. The van der Waals surface area contributed by atoms with Crippen molar-refractivity contribution in [2.24, 2.45) is 5.73 Å². The van der Waals surface area contributed by atoms with Gasteiger partial charge in [-0.1, -0.05) is 12.1 Å². The monoisotopic (exact) mass is 231 g/mol. The fourth-order valence-corrected chi connectivity index (χ4v) is 1.50. The van der Waals surface area contributed by atoms with Gasteiger partial charge in [0.2, 0.25) is 5.91 Å². The molecule has 2 N–H and O–H groups in total. The first-order valence-electron chi connectivity index (χ1n) is 5.40. The third-order valence-electron chi connectivity index (χ3n) is 2.37. The van der Waals surface area contributed by atoms with Gasteiger partial charge in [-0.15, -0.1) is 0 Å². The van der Waals surface area contributed by atoms with E-state index in [1.807, 2.05) is 0 Å². The highest BCUT2D eigenvalue weighted by molar-refractivity contribution is 5.94. The molecular formula is C13H17N3O. The number of hydrogen-bond acceptors (Lipinski definition) is 3. The molecule has 0 fully saturated rings. The maximum Gasteiger partial charge on any atom is 0.228 e. The van der Waals surface area contributed by atoms with Crippen LogP contribution < -0.4 is 10.6 Å². The van der Waals surface area contributed by atoms with E-state index in [9.17, 15) is 4.79 Å². The number of nitrogens with zero attached hydrogens (tertiary/aromatic N) is 2. The highest BCUT2D eigenvalue weighted by Crippen LogP contribution is 2.20. The molecule has 4 heteroatoms. The van der Waals surface area contributed by atoms with Gasteiger partial charge in [0.05, 0.1) is 11.3 Å². The lowest BCUT2D eigenvalue weighted by Crippen LogP contribution is -2.40. The molecule has 0 atom stereocenters.